The summed E-state index contributed by atoms with van der Waals surface area (Å²) < 4.78 is 2.38. The van der Waals surface area contributed by atoms with Crippen LogP contribution in [0.5, 0.6) is 0 Å². The summed E-state index contributed by atoms with van der Waals surface area (Å²) in [6.45, 7) is 6.03. The van der Waals surface area contributed by atoms with Gasteiger partial charge in [0.2, 0.25) is 0 Å². The van der Waals surface area contributed by atoms with E-state index >= 15 is 0 Å². The first-order valence-corrected chi connectivity index (χ1v) is 10.1. The molecule has 1 unspecified atom stereocenters. The standard InChI is InChI=1S/C25H25ClN2/c1-18(20-10-4-3-5-11-20)27-16-23-19(2)28(25-15-9-7-13-22(23)25)17-21-12-6-8-14-24(21)26/h3-15,18,27H,16-17H2,1-2H3. The van der Waals surface area contributed by atoms with Crippen LogP contribution in [0.4, 0.5) is 0 Å². The number of hydrogen-bond acceptors (Lipinski definition) is 1. The minimum atomic E-state index is 0.297. The zero-order valence-electron chi connectivity index (χ0n) is 16.3. The van der Waals surface area contributed by atoms with Gasteiger partial charge in [0.1, 0.15) is 0 Å². The maximum Gasteiger partial charge on any atom is 0.0493 e. The third kappa shape index (κ3) is 3.71. The highest BCUT2D eigenvalue weighted by atomic mass is 35.5. The van der Waals surface area contributed by atoms with Crippen LogP contribution in [0, 0.1) is 6.92 Å². The lowest BCUT2D eigenvalue weighted by Gasteiger charge is -2.15. The number of halogens is 1. The molecule has 0 fully saturated rings. The molecule has 0 aliphatic heterocycles. The number of aromatic nitrogens is 1. The largest absolute Gasteiger partial charge is 0.340 e. The molecule has 4 rings (SSSR count). The number of nitrogens with one attached hydrogen (secondary N) is 1. The summed E-state index contributed by atoms with van der Waals surface area (Å²) in [6, 6.07) is 27.6. The third-order valence-corrected chi connectivity index (χ3v) is 5.90. The molecule has 0 aliphatic rings. The van der Waals surface area contributed by atoms with E-state index in [1.165, 1.54) is 27.7 Å². The van der Waals surface area contributed by atoms with E-state index in [9.17, 15) is 0 Å². The second-order valence-electron chi connectivity index (χ2n) is 7.27. The van der Waals surface area contributed by atoms with Gasteiger partial charge in [0, 0.05) is 40.8 Å². The highest BCUT2D eigenvalue weighted by Crippen LogP contribution is 2.28. The third-order valence-electron chi connectivity index (χ3n) is 5.53. The van der Waals surface area contributed by atoms with Crippen molar-refractivity contribution >= 4 is 22.5 Å². The van der Waals surface area contributed by atoms with Crippen molar-refractivity contribution in [3.8, 4) is 0 Å². The summed E-state index contributed by atoms with van der Waals surface area (Å²) in [7, 11) is 0. The summed E-state index contributed by atoms with van der Waals surface area (Å²) in [4.78, 5) is 0. The topological polar surface area (TPSA) is 17.0 Å². The van der Waals surface area contributed by atoms with Gasteiger partial charge in [-0.15, -0.1) is 0 Å². The first kappa shape index (κ1) is 18.8. The Kier molecular flexibility index (Phi) is 5.52. The minimum Gasteiger partial charge on any atom is -0.340 e. The van der Waals surface area contributed by atoms with Crippen molar-refractivity contribution in [1.82, 2.24) is 9.88 Å². The molecule has 0 aliphatic carbocycles. The quantitative estimate of drug-likeness (QED) is 0.398. The molecule has 1 atom stereocenters. The van der Waals surface area contributed by atoms with Crippen LogP contribution < -0.4 is 5.32 Å². The average Bonchev–Trinajstić information content (AvgIpc) is 3.00. The Morgan fingerprint density at radius 2 is 1.57 bits per heavy atom. The summed E-state index contributed by atoms with van der Waals surface area (Å²) in [5.41, 5.74) is 6.34. The maximum atomic E-state index is 6.43. The SMILES string of the molecule is Cc1c(CNC(C)c2ccccc2)c2ccccc2n1Cc1ccccc1Cl. The Hall–Kier alpha value is -2.55. The van der Waals surface area contributed by atoms with Crippen LogP contribution in [0.15, 0.2) is 78.9 Å². The second-order valence-corrected chi connectivity index (χ2v) is 7.68. The van der Waals surface area contributed by atoms with Crippen LogP contribution in [0.1, 0.15) is 35.3 Å². The monoisotopic (exact) mass is 388 g/mol. The van der Waals surface area contributed by atoms with Crippen molar-refractivity contribution in [2.24, 2.45) is 0 Å². The van der Waals surface area contributed by atoms with Gasteiger partial charge in [-0.25, -0.2) is 0 Å². The van der Waals surface area contributed by atoms with Crippen LogP contribution in [0.25, 0.3) is 10.9 Å². The van der Waals surface area contributed by atoms with Crippen LogP contribution in [0.3, 0.4) is 0 Å². The molecule has 0 saturated carbocycles. The fraction of sp³-hybridized carbons (Fsp3) is 0.200. The average molecular weight is 389 g/mol. The molecule has 1 heterocycles. The van der Waals surface area contributed by atoms with Gasteiger partial charge in [0.25, 0.3) is 0 Å². The van der Waals surface area contributed by atoms with Crippen LogP contribution in [-0.2, 0) is 13.1 Å². The van der Waals surface area contributed by atoms with E-state index in [2.05, 4.69) is 84.4 Å². The van der Waals surface area contributed by atoms with Gasteiger partial charge in [-0.2, -0.15) is 0 Å². The first-order chi connectivity index (χ1) is 13.6. The molecule has 3 heteroatoms. The van der Waals surface area contributed by atoms with Crippen LogP contribution in [0.2, 0.25) is 5.02 Å². The van der Waals surface area contributed by atoms with Crippen molar-refractivity contribution in [1.29, 1.82) is 0 Å². The zero-order chi connectivity index (χ0) is 19.5. The molecular formula is C25H25ClN2. The Balaban J connectivity index is 1.66. The van der Waals surface area contributed by atoms with E-state index in [0.717, 1.165) is 23.7 Å². The molecule has 0 radical (unpaired) electrons. The van der Waals surface area contributed by atoms with E-state index in [1.54, 1.807) is 0 Å². The van der Waals surface area contributed by atoms with Crippen molar-refractivity contribution in [3.05, 3.63) is 106 Å². The molecule has 0 spiro atoms. The number of nitrogens with zero attached hydrogens (tertiary/aromatic N) is 1. The summed E-state index contributed by atoms with van der Waals surface area (Å²) in [6.07, 6.45) is 0. The summed E-state index contributed by atoms with van der Waals surface area (Å²) in [5, 5.41) is 5.82. The minimum absolute atomic E-state index is 0.297. The molecule has 0 amide bonds. The number of fused-ring (bicyclic) bond motifs is 1. The fourth-order valence-electron chi connectivity index (χ4n) is 3.84. The molecule has 2 nitrogen and oxygen atoms in total. The molecule has 3 aromatic carbocycles. The lowest BCUT2D eigenvalue weighted by Crippen LogP contribution is -2.18. The Labute approximate surface area is 171 Å². The van der Waals surface area contributed by atoms with E-state index < -0.39 is 0 Å². The predicted molar refractivity (Wildman–Crippen MR) is 119 cm³/mol. The van der Waals surface area contributed by atoms with E-state index in [4.69, 9.17) is 11.6 Å². The number of hydrogen-bond donors (Lipinski definition) is 1. The van der Waals surface area contributed by atoms with Crippen molar-refractivity contribution < 1.29 is 0 Å². The second kappa shape index (κ2) is 8.22. The van der Waals surface area contributed by atoms with Crippen LogP contribution >= 0.6 is 11.6 Å². The van der Waals surface area contributed by atoms with Gasteiger partial charge < -0.3 is 9.88 Å². The van der Waals surface area contributed by atoms with Gasteiger partial charge in [-0.05, 0) is 42.7 Å². The Morgan fingerprint density at radius 1 is 0.893 bits per heavy atom. The molecule has 0 bridgehead atoms. The van der Waals surface area contributed by atoms with Crippen molar-refractivity contribution in [2.45, 2.75) is 33.0 Å². The van der Waals surface area contributed by atoms with E-state index in [0.29, 0.717) is 6.04 Å². The van der Waals surface area contributed by atoms with Gasteiger partial charge in [-0.3, -0.25) is 0 Å². The van der Waals surface area contributed by atoms with Gasteiger partial charge >= 0.3 is 0 Å². The van der Waals surface area contributed by atoms with Crippen LogP contribution in [-0.4, -0.2) is 4.57 Å². The van der Waals surface area contributed by atoms with Gasteiger partial charge in [0.05, 0.1) is 0 Å². The normalized spacial score (nSPS) is 12.4. The highest BCUT2D eigenvalue weighted by Gasteiger charge is 2.15. The fourth-order valence-corrected chi connectivity index (χ4v) is 4.04. The molecule has 142 valence electrons. The molecule has 4 aromatic rings. The molecule has 0 saturated heterocycles. The lowest BCUT2D eigenvalue weighted by atomic mass is 10.1. The zero-order valence-corrected chi connectivity index (χ0v) is 17.1. The van der Waals surface area contributed by atoms with Crippen molar-refractivity contribution in [3.63, 3.8) is 0 Å². The first-order valence-electron chi connectivity index (χ1n) is 9.73. The maximum absolute atomic E-state index is 6.43. The number of benzene rings is 3. The summed E-state index contributed by atoms with van der Waals surface area (Å²) >= 11 is 6.43. The number of rotatable bonds is 6. The molecule has 1 aromatic heterocycles. The Morgan fingerprint density at radius 3 is 2.36 bits per heavy atom. The van der Waals surface area contributed by atoms with Gasteiger partial charge in [-0.1, -0.05) is 78.3 Å². The number of para-hydroxylation sites is 1. The molecular weight excluding hydrogens is 364 g/mol. The summed E-state index contributed by atoms with van der Waals surface area (Å²) in [5.74, 6) is 0. The molecule has 1 N–H and O–H groups in total. The van der Waals surface area contributed by atoms with E-state index in [1.807, 2.05) is 18.2 Å². The lowest BCUT2D eigenvalue weighted by molar-refractivity contribution is 0.573. The highest BCUT2D eigenvalue weighted by molar-refractivity contribution is 6.31. The van der Waals surface area contributed by atoms with Gasteiger partial charge in [0.15, 0.2) is 0 Å². The smallest absolute Gasteiger partial charge is 0.0493 e. The Bertz CT molecular complexity index is 1080. The van der Waals surface area contributed by atoms with Crippen molar-refractivity contribution in [2.75, 3.05) is 0 Å². The van der Waals surface area contributed by atoms with E-state index in [-0.39, 0.29) is 0 Å². The molecule has 28 heavy (non-hydrogen) atoms. The predicted octanol–water partition coefficient (Wildman–Crippen LogP) is 6.50.